The van der Waals surface area contributed by atoms with E-state index in [1.165, 1.54) is 17.0 Å². The Hall–Kier alpha value is -2.38. The first-order valence-corrected chi connectivity index (χ1v) is 6.83. The number of hydrogen-bond acceptors (Lipinski definition) is 3. The minimum Gasteiger partial charge on any atom is -0.435 e. The van der Waals surface area contributed by atoms with E-state index in [9.17, 15) is 18.4 Å². The molecule has 0 unspecified atom stereocenters. The number of halogens is 2. The number of alkyl halides is 2. The highest BCUT2D eigenvalue weighted by Crippen LogP contribution is 2.15. The molecule has 0 radical (unpaired) electrons. The molecule has 0 saturated carbocycles. The molecule has 0 spiro atoms. The van der Waals surface area contributed by atoms with E-state index in [2.05, 4.69) is 15.4 Å². The van der Waals surface area contributed by atoms with E-state index in [0.717, 1.165) is 5.56 Å². The van der Waals surface area contributed by atoms with E-state index in [4.69, 9.17) is 0 Å². The number of carbonyl (C=O) groups excluding carboxylic acids is 2. The molecule has 1 atom stereocenters. The number of hydrogen-bond donors (Lipinski definition) is 2. The van der Waals surface area contributed by atoms with Crippen LogP contribution in [-0.2, 0) is 11.3 Å². The third-order valence-electron chi connectivity index (χ3n) is 3.35. The number of carbonyl (C=O) groups is 2. The van der Waals surface area contributed by atoms with Crippen LogP contribution in [0.25, 0.3) is 0 Å². The van der Waals surface area contributed by atoms with Gasteiger partial charge in [-0.1, -0.05) is 12.1 Å². The van der Waals surface area contributed by atoms with Gasteiger partial charge in [-0.2, -0.15) is 8.78 Å². The molecule has 2 N–H and O–H groups in total. The molecule has 1 aromatic carbocycles. The molecule has 120 valence electrons. The smallest absolute Gasteiger partial charge is 0.387 e. The van der Waals surface area contributed by atoms with Gasteiger partial charge in [0.05, 0.1) is 0 Å². The minimum atomic E-state index is -2.86. The highest BCUT2D eigenvalue weighted by molar-refractivity contribution is 5.87. The standard InChI is InChI=1S/C14H17F2N3O3/c1-9-12(20)17-6-7-19(9)14(21)18-8-10-2-4-11(5-3-10)22-13(15)16/h2-5,9,13H,6-8H2,1H3,(H,17,20)(H,18,21)/t9-/m1/s1. The summed E-state index contributed by atoms with van der Waals surface area (Å²) in [5.41, 5.74) is 0.740. The fraction of sp³-hybridized carbons (Fsp3) is 0.429. The average molecular weight is 313 g/mol. The van der Waals surface area contributed by atoms with Crippen molar-refractivity contribution >= 4 is 11.9 Å². The first-order valence-electron chi connectivity index (χ1n) is 6.83. The highest BCUT2D eigenvalue weighted by atomic mass is 19.3. The average Bonchev–Trinajstić information content (AvgIpc) is 2.48. The van der Waals surface area contributed by atoms with Gasteiger partial charge in [0, 0.05) is 19.6 Å². The summed E-state index contributed by atoms with van der Waals surface area (Å²) in [6.45, 7) is -0.100. The monoisotopic (exact) mass is 313 g/mol. The maximum Gasteiger partial charge on any atom is 0.387 e. The summed E-state index contributed by atoms with van der Waals surface area (Å²) < 4.78 is 28.3. The van der Waals surface area contributed by atoms with Gasteiger partial charge in [0.2, 0.25) is 5.91 Å². The number of amides is 3. The summed E-state index contributed by atoms with van der Waals surface area (Å²) in [4.78, 5) is 25.0. The number of urea groups is 1. The Bertz CT molecular complexity index is 537. The first-order chi connectivity index (χ1) is 10.5. The lowest BCUT2D eigenvalue weighted by Gasteiger charge is -2.32. The number of nitrogens with zero attached hydrogens (tertiary/aromatic N) is 1. The second kappa shape index (κ2) is 7.06. The Labute approximate surface area is 126 Å². The van der Waals surface area contributed by atoms with E-state index in [1.807, 2.05) is 0 Å². The molecule has 1 saturated heterocycles. The number of piperazine rings is 1. The summed E-state index contributed by atoms with van der Waals surface area (Å²) in [6.07, 6.45) is 0. The van der Waals surface area contributed by atoms with Gasteiger partial charge in [-0.25, -0.2) is 4.79 Å². The molecule has 1 fully saturated rings. The normalized spacial score (nSPS) is 18.1. The number of benzene rings is 1. The van der Waals surface area contributed by atoms with E-state index >= 15 is 0 Å². The van der Waals surface area contributed by atoms with Crippen LogP contribution in [0.15, 0.2) is 24.3 Å². The number of ether oxygens (including phenoxy) is 1. The summed E-state index contributed by atoms with van der Waals surface area (Å²) in [5.74, 6) is -0.124. The molecule has 0 aliphatic carbocycles. The van der Waals surface area contributed by atoms with Crippen molar-refractivity contribution in [2.75, 3.05) is 13.1 Å². The van der Waals surface area contributed by atoms with E-state index in [0.29, 0.717) is 13.1 Å². The van der Waals surface area contributed by atoms with Crippen molar-refractivity contribution in [3.8, 4) is 5.75 Å². The third-order valence-corrected chi connectivity index (χ3v) is 3.35. The number of nitrogens with one attached hydrogen (secondary N) is 2. The first kappa shape index (κ1) is 16.0. The van der Waals surface area contributed by atoms with Crippen molar-refractivity contribution in [3.05, 3.63) is 29.8 Å². The summed E-state index contributed by atoms with van der Waals surface area (Å²) >= 11 is 0. The summed E-state index contributed by atoms with van der Waals surface area (Å²) in [7, 11) is 0. The molecule has 3 amide bonds. The third kappa shape index (κ3) is 4.06. The van der Waals surface area contributed by atoms with E-state index < -0.39 is 12.7 Å². The Morgan fingerprint density at radius 3 is 2.77 bits per heavy atom. The van der Waals surface area contributed by atoms with E-state index in [-0.39, 0.29) is 24.2 Å². The van der Waals surface area contributed by atoms with E-state index in [1.54, 1.807) is 19.1 Å². The molecule has 2 rings (SSSR count). The van der Waals surface area contributed by atoms with Crippen LogP contribution in [0.1, 0.15) is 12.5 Å². The molecule has 1 heterocycles. The van der Waals surface area contributed by atoms with Crippen LogP contribution in [-0.4, -0.2) is 42.6 Å². The van der Waals surface area contributed by atoms with Crippen molar-refractivity contribution < 1.29 is 23.1 Å². The molecule has 0 aromatic heterocycles. The molecular formula is C14H17F2N3O3. The van der Waals surface area contributed by atoms with Crippen molar-refractivity contribution in [3.63, 3.8) is 0 Å². The fourth-order valence-electron chi connectivity index (χ4n) is 2.13. The molecule has 0 bridgehead atoms. The lowest BCUT2D eigenvalue weighted by Crippen LogP contribution is -2.58. The zero-order valence-corrected chi connectivity index (χ0v) is 12.0. The van der Waals surface area contributed by atoms with Crippen LogP contribution >= 0.6 is 0 Å². The van der Waals surface area contributed by atoms with Gasteiger partial charge in [-0.05, 0) is 24.6 Å². The number of rotatable bonds is 4. The molecule has 1 aliphatic heterocycles. The SMILES string of the molecule is C[C@@H]1C(=O)NCCN1C(=O)NCc1ccc(OC(F)F)cc1. The van der Waals surface area contributed by atoms with Crippen molar-refractivity contribution in [1.29, 1.82) is 0 Å². The van der Waals surface area contributed by atoms with Crippen LogP contribution in [0.5, 0.6) is 5.75 Å². The molecule has 1 aromatic rings. The summed E-state index contributed by atoms with van der Waals surface area (Å²) in [6, 6.07) is 5.13. The van der Waals surface area contributed by atoms with Gasteiger partial charge in [-0.3, -0.25) is 4.79 Å². The van der Waals surface area contributed by atoms with Gasteiger partial charge in [0.15, 0.2) is 0 Å². The molecule has 8 heteroatoms. The zero-order chi connectivity index (χ0) is 16.1. The van der Waals surface area contributed by atoms with Gasteiger partial charge >= 0.3 is 12.6 Å². The van der Waals surface area contributed by atoms with Crippen molar-refractivity contribution in [2.45, 2.75) is 26.1 Å². The Morgan fingerprint density at radius 2 is 2.14 bits per heavy atom. The van der Waals surface area contributed by atoms with Gasteiger partial charge in [0.1, 0.15) is 11.8 Å². The maximum atomic E-state index is 12.1. The van der Waals surface area contributed by atoms with Crippen LogP contribution in [0.3, 0.4) is 0 Å². The fourth-order valence-corrected chi connectivity index (χ4v) is 2.13. The highest BCUT2D eigenvalue weighted by Gasteiger charge is 2.28. The summed E-state index contributed by atoms with van der Waals surface area (Å²) in [5, 5.41) is 5.37. The maximum absolute atomic E-state index is 12.1. The molecular weight excluding hydrogens is 296 g/mol. The Morgan fingerprint density at radius 1 is 1.45 bits per heavy atom. The van der Waals surface area contributed by atoms with Gasteiger partial charge in [0.25, 0.3) is 0 Å². The largest absolute Gasteiger partial charge is 0.435 e. The Kier molecular flexibility index (Phi) is 5.13. The quantitative estimate of drug-likeness (QED) is 0.881. The second-order valence-corrected chi connectivity index (χ2v) is 4.84. The molecule has 6 nitrogen and oxygen atoms in total. The topological polar surface area (TPSA) is 70.7 Å². The van der Waals surface area contributed by atoms with Crippen LogP contribution in [0.4, 0.5) is 13.6 Å². The van der Waals surface area contributed by atoms with Crippen molar-refractivity contribution in [1.82, 2.24) is 15.5 Å². The minimum absolute atomic E-state index is 0.0615. The van der Waals surface area contributed by atoms with Crippen molar-refractivity contribution in [2.24, 2.45) is 0 Å². The van der Waals surface area contributed by atoms with Crippen LogP contribution in [0.2, 0.25) is 0 Å². The lowest BCUT2D eigenvalue weighted by molar-refractivity contribution is -0.126. The van der Waals surface area contributed by atoms with Gasteiger partial charge < -0.3 is 20.3 Å². The van der Waals surface area contributed by atoms with Gasteiger partial charge in [-0.15, -0.1) is 0 Å². The van der Waals surface area contributed by atoms with Crippen LogP contribution < -0.4 is 15.4 Å². The Balaban J connectivity index is 1.86. The van der Waals surface area contributed by atoms with Crippen LogP contribution in [0, 0.1) is 0 Å². The molecule has 22 heavy (non-hydrogen) atoms. The predicted octanol–water partition coefficient (Wildman–Crippen LogP) is 1.32. The lowest BCUT2D eigenvalue weighted by atomic mass is 10.2. The zero-order valence-electron chi connectivity index (χ0n) is 12.0. The second-order valence-electron chi connectivity index (χ2n) is 4.84. The predicted molar refractivity (Wildman–Crippen MR) is 74.5 cm³/mol. The molecule has 1 aliphatic rings.